The van der Waals surface area contributed by atoms with Gasteiger partial charge in [0.1, 0.15) is 6.10 Å². The summed E-state index contributed by atoms with van der Waals surface area (Å²) in [6.45, 7) is 13.7. The van der Waals surface area contributed by atoms with Gasteiger partial charge in [0.2, 0.25) is 0 Å². The predicted octanol–water partition coefficient (Wildman–Crippen LogP) is 4.79. The summed E-state index contributed by atoms with van der Waals surface area (Å²) in [5, 5.41) is 2.50. The van der Waals surface area contributed by atoms with Gasteiger partial charge >= 0.3 is 5.97 Å². The average Bonchev–Trinajstić information content (AvgIpc) is 2.71. The predicted molar refractivity (Wildman–Crippen MR) is 126 cm³/mol. The van der Waals surface area contributed by atoms with Gasteiger partial charge in [-0.05, 0) is 27.8 Å². The van der Waals surface area contributed by atoms with E-state index < -0.39 is 8.32 Å². The Balaban J connectivity index is 1.95. The molecule has 2 aromatic rings. The maximum Gasteiger partial charge on any atom is 0.308 e. The molecule has 4 heteroatoms. The molecular formula is C26H36O3Si. The maximum atomic E-state index is 12.2. The van der Waals surface area contributed by atoms with Crippen molar-refractivity contribution in [2.75, 3.05) is 6.61 Å². The van der Waals surface area contributed by atoms with E-state index in [0.29, 0.717) is 12.5 Å². The van der Waals surface area contributed by atoms with Crippen molar-refractivity contribution in [2.24, 2.45) is 17.8 Å². The average molecular weight is 425 g/mol. The standard InChI is InChI=1S/C26H36O3Si/c1-19-17-20(2)25(27)29-24(19)21(3)18-28-30(26(4,5)6,22-13-9-7-10-14-22)23-15-11-8-12-16-23/h7-16,19-21,24H,17-18H2,1-6H3/t19-,20+,21-,24-/m0/s1. The van der Waals surface area contributed by atoms with Crippen LogP contribution in [0.3, 0.4) is 0 Å². The normalized spacial score (nSPS) is 23.7. The number of carbonyl (C=O) groups excluding carboxylic acids is 1. The lowest BCUT2D eigenvalue weighted by atomic mass is 9.84. The minimum Gasteiger partial charge on any atom is -0.462 e. The molecule has 1 aliphatic heterocycles. The van der Waals surface area contributed by atoms with Crippen LogP contribution < -0.4 is 10.4 Å². The highest BCUT2D eigenvalue weighted by Gasteiger charge is 2.50. The van der Waals surface area contributed by atoms with Gasteiger partial charge in [0.25, 0.3) is 8.32 Å². The van der Waals surface area contributed by atoms with Gasteiger partial charge in [-0.3, -0.25) is 4.79 Å². The number of cyclic esters (lactones) is 1. The molecule has 0 saturated carbocycles. The van der Waals surface area contributed by atoms with Crippen molar-refractivity contribution in [3.05, 3.63) is 60.7 Å². The Hall–Kier alpha value is -1.91. The Kier molecular flexibility index (Phi) is 6.88. The monoisotopic (exact) mass is 424 g/mol. The molecule has 2 aromatic carbocycles. The highest BCUT2D eigenvalue weighted by Crippen LogP contribution is 2.38. The number of rotatable bonds is 6. The molecule has 1 heterocycles. The SMILES string of the molecule is C[C@@H]1C[C@H](C)[C@@H]([C@@H](C)CO[Si](c2ccccc2)(c2ccccc2)C(C)(C)C)OC1=O. The first kappa shape index (κ1) is 22.8. The van der Waals surface area contributed by atoms with Crippen LogP contribution in [0.5, 0.6) is 0 Å². The molecule has 0 unspecified atom stereocenters. The van der Waals surface area contributed by atoms with E-state index >= 15 is 0 Å². The fraction of sp³-hybridized carbons (Fsp3) is 0.500. The molecule has 162 valence electrons. The Morgan fingerprint density at radius 2 is 1.50 bits per heavy atom. The summed E-state index contributed by atoms with van der Waals surface area (Å²) in [7, 11) is -2.57. The van der Waals surface area contributed by atoms with Crippen LogP contribution in [0, 0.1) is 17.8 Å². The highest BCUT2D eigenvalue weighted by molar-refractivity contribution is 6.99. The van der Waals surface area contributed by atoms with Crippen LogP contribution in [-0.4, -0.2) is 27.0 Å². The van der Waals surface area contributed by atoms with Crippen molar-refractivity contribution in [2.45, 2.75) is 59.1 Å². The third-order valence-corrected chi connectivity index (χ3v) is 11.5. The number of carbonyl (C=O) groups is 1. The third-order valence-electron chi connectivity index (χ3n) is 6.48. The van der Waals surface area contributed by atoms with Gasteiger partial charge < -0.3 is 9.16 Å². The Morgan fingerprint density at radius 3 is 1.97 bits per heavy atom. The smallest absolute Gasteiger partial charge is 0.308 e. The van der Waals surface area contributed by atoms with Crippen molar-refractivity contribution < 1.29 is 14.0 Å². The fourth-order valence-electron chi connectivity index (χ4n) is 4.94. The van der Waals surface area contributed by atoms with E-state index in [4.69, 9.17) is 9.16 Å². The van der Waals surface area contributed by atoms with Gasteiger partial charge in [0.05, 0.1) is 5.92 Å². The van der Waals surface area contributed by atoms with Gasteiger partial charge in [-0.15, -0.1) is 0 Å². The number of benzene rings is 2. The molecule has 3 nitrogen and oxygen atoms in total. The lowest BCUT2D eigenvalue weighted by Gasteiger charge is -2.44. The molecule has 0 radical (unpaired) electrons. The van der Waals surface area contributed by atoms with Gasteiger partial charge in [0.15, 0.2) is 0 Å². The van der Waals surface area contributed by atoms with Crippen LogP contribution in [0.1, 0.15) is 48.0 Å². The second-order valence-corrected chi connectivity index (χ2v) is 14.3. The summed E-state index contributed by atoms with van der Waals surface area (Å²) in [5.74, 6) is 0.394. The lowest BCUT2D eigenvalue weighted by Crippen LogP contribution is -2.67. The minimum atomic E-state index is -2.57. The summed E-state index contributed by atoms with van der Waals surface area (Å²) < 4.78 is 12.9. The summed E-state index contributed by atoms with van der Waals surface area (Å²) in [5.41, 5.74) is 0. The molecule has 3 rings (SSSR count). The topological polar surface area (TPSA) is 35.5 Å². The van der Waals surface area contributed by atoms with Crippen LogP contribution in [0.2, 0.25) is 5.04 Å². The first-order valence-electron chi connectivity index (χ1n) is 11.1. The van der Waals surface area contributed by atoms with Crippen molar-refractivity contribution in [3.8, 4) is 0 Å². The van der Waals surface area contributed by atoms with Crippen molar-refractivity contribution >= 4 is 24.7 Å². The summed E-state index contributed by atoms with van der Waals surface area (Å²) in [6, 6.07) is 21.4. The zero-order valence-electron chi connectivity index (χ0n) is 19.2. The summed E-state index contributed by atoms with van der Waals surface area (Å²) in [4.78, 5) is 12.2. The van der Waals surface area contributed by atoms with Crippen molar-refractivity contribution in [1.82, 2.24) is 0 Å². The zero-order valence-corrected chi connectivity index (χ0v) is 20.2. The van der Waals surface area contributed by atoms with Crippen molar-refractivity contribution in [3.63, 3.8) is 0 Å². The maximum absolute atomic E-state index is 12.2. The van der Waals surface area contributed by atoms with E-state index in [0.717, 1.165) is 6.42 Å². The number of hydrogen-bond acceptors (Lipinski definition) is 3. The van der Waals surface area contributed by atoms with Crippen LogP contribution in [0.25, 0.3) is 0 Å². The van der Waals surface area contributed by atoms with E-state index in [1.165, 1.54) is 10.4 Å². The second kappa shape index (κ2) is 9.07. The first-order chi connectivity index (χ1) is 14.2. The summed E-state index contributed by atoms with van der Waals surface area (Å²) in [6.07, 6.45) is 0.791. The lowest BCUT2D eigenvalue weighted by molar-refractivity contribution is -0.169. The zero-order chi connectivity index (χ0) is 21.9. The number of esters is 1. The molecule has 0 N–H and O–H groups in total. The molecule has 1 saturated heterocycles. The third kappa shape index (κ3) is 4.40. The van der Waals surface area contributed by atoms with E-state index in [2.05, 4.69) is 95.3 Å². The van der Waals surface area contributed by atoms with E-state index in [1.54, 1.807) is 0 Å². The molecule has 0 aromatic heterocycles. The van der Waals surface area contributed by atoms with Crippen LogP contribution in [0.4, 0.5) is 0 Å². The Bertz CT molecular complexity index is 789. The molecule has 1 fully saturated rings. The molecule has 0 amide bonds. The van der Waals surface area contributed by atoms with E-state index in [1.807, 2.05) is 6.92 Å². The number of hydrogen-bond donors (Lipinski definition) is 0. The van der Waals surface area contributed by atoms with Gasteiger partial charge in [0, 0.05) is 12.5 Å². The van der Waals surface area contributed by atoms with Gasteiger partial charge in [-0.1, -0.05) is 102 Å². The molecule has 0 aliphatic carbocycles. The van der Waals surface area contributed by atoms with Crippen LogP contribution in [-0.2, 0) is 14.0 Å². The number of ether oxygens (including phenoxy) is 1. The largest absolute Gasteiger partial charge is 0.462 e. The first-order valence-corrected chi connectivity index (χ1v) is 13.0. The fourth-order valence-corrected chi connectivity index (χ4v) is 9.61. The van der Waals surface area contributed by atoms with Crippen LogP contribution in [0.15, 0.2) is 60.7 Å². The van der Waals surface area contributed by atoms with E-state index in [-0.39, 0.29) is 28.9 Å². The quantitative estimate of drug-likeness (QED) is 0.494. The summed E-state index contributed by atoms with van der Waals surface area (Å²) >= 11 is 0. The highest BCUT2D eigenvalue weighted by atomic mass is 28.4. The molecule has 0 bridgehead atoms. The van der Waals surface area contributed by atoms with Gasteiger partial charge in [-0.2, -0.15) is 0 Å². The molecular weight excluding hydrogens is 388 g/mol. The van der Waals surface area contributed by atoms with Gasteiger partial charge in [-0.25, -0.2) is 0 Å². The van der Waals surface area contributed by atoms with Crippen molar-refractivity contribution in [1.29, 1.82) is 0 Å². The second-order valence-electron chi connectivity index (χ2n) is 9.97. The Morgan fingerprint density at radius 1 is 1.00 bits per heavy atom. The molecule has 1 aliphatic rings. The Labute approximate surface area is 182 Å². The van der Waals surface area contributed by atoms with Crippen LogP contribution >= 0.6 is 0 Å². The molecule has 4 atom stereocenters. The minimum absolute atomic E-state index is 0.0129. The van der Waals surface area contributed by atoms with E-state index in [9.17, 15) is 4.79 Å². The molecule has 0 spiro atoms. The molecule has 30 heavy (non-hydrogen) atoms.